The first-order valence-electron chi connectivity index (χ1n) is 5.36. The summed E-state index contributed by atoms with van der Waals surface area (Å²) in [6.45, 7) is 0. The monoisotopic (exact) mass is 311 g/mol. The van der Waals surface area contributed by atoms with Crippen molar-refractivity contribution in [3.63, 3.8) is 0 Å². The second-order valence-electron chi connectivity index (χ2n) is 3.86. The maximum absolute atomic E-state index is 5.60. The number of nitrogens with one attached hydrogen (secondary N) is 1. The lowest BCUT2D eigenvalue weighted by Crippen LogP contribution is -2.38. The lowest BCUT2D eigenvalue weighted by molar-refractivity contribution is 0.525. The van der Waals surface area contributed by atoms with Crippen LogP contribution in [0, 0.1) is 0 Å². The molecule has 2 aromatic heterocycles. The van der Waals surface area contributed by atoms with Crippen molar-refractivity contribution in [2.24, 2.45) is 5.84 Å². The average Bonchev–Trinajstić information content (AvgIpc) is 2.75. The normalized spacial score (nSPS) is 12.6. The third kappa shape index (κ3) is 3.89. The Balaban J connectivity index is 1.98. The molecule has 0 aliphatic heterocycles. The number of hydrogen-bond donors (Lipinski definition) is 2. The number of nitrogens with zero attached hydrogens (tertiary/aromatic N) is 1. The molecule has 17 heavy (non-hydrogen) atoms. The second kappa shape index (κ2) is 6.26. The molecule has 0 spiro atoms. The highest BCUT2D eigenvalue weighted by atomic mass is 79.9. The van der Waals surface area contributed by atoms with Crippen molar-refractivity contribution >= 4 is 27.3 Å². The number of aromatic nitrogens is 1. The van der Waals surface area contributed by atoms with Gasteiger partial charge < -0.3 is 0 Å². The highest BCUT2D eigenvalue weighted by molar-refractivity contribution is 9.10. The summed E-state index contributed by atoms with van der Waals surface area (Å²) in [7, 11) is 0. The van der Waals surface area contributed by atoms with E-state index in [1.807, 2.05) is 12.3 Å². The zero-order chi connectivity index (χ0) is 12.1. The predicted octanol–water partition coefficient (Wildman–Crippen LogP) is 2.52. The van der Waals surface area contributed by atoms with Crippen LogP contribution in [-0.4, -0.2) is 11.0 Å². The maximum atomic E-state index is 5.60. The Bertz CT molecular complexity index is 458. The van der Waals surface area contributed by atoms with Crippen LogP contribution in [0.2, 0.25) is 0 Å². The summed E-state index contributed by atoms with van der Waals surface area (Å²) in [5.41, 5.74) is 4.07. The first-order valence-corrected chi connectivity index (χ1v) is 7.03. The topological polar surface area (TPSA) is 50.9 Å². The minimum Gasteiger partial charge on any atom is -0.271 e. The van der Waals surface area contributed by atoms with Crippen LogP contribution < -0.4 is 11.3 Å². The van der Waals surface area contributed by atoms with Crippen molar-refractivity contribution in [1.29, 1.82) is 0 Å². The van der Waals surface area contributed by atoms with Crippen molar-refractivity contribution in [1.82, 2.24) is 10.4 Å². The zero-order valence-electron chi connectivity index (χ0n) is 9.27. The van der Waals surface area contributed by atoms with Gasteiger partial charge in [0.15, 0.2) is 0 Å². The summed E-state index contributed by atoms with van der Waals surface area (Å²) in [4.78, 5) is 5.43. The summed E-state index contributed by atoms with van der Waals surface area (Å²) in [5, 5.41) is 2.09. The van der Waals surface area contributed by atoms with Crippen molar-refractivity contribution in [3.8, 4) is 0 Å². The minimum absolute atomic E-state index is 0.241. The van der Waals surface area contributed by atoms with E-state index in [1.165, 1.54) is 10.4 Å². The molecule has 0 aliphatic carbocycles. The Morgan fingerprint density at radius 3 is 2.94 bits per heavy atom. The molecule has 3 N–H and O–H groups in total. The SMILES string of the molecule is NNC(Cc1cccnc1)Cc1cc(Br)cs1. The molecule has 1 atom stereocenters. The molecule has 5 heteroatoms. The van der Waals surface area contributed by atoms with Gasteiger partial charge in [0.25, 0.3) is 0 Å². The van der Waals surface area contributed by atoms with E-state index < -0.39 is 0 Å². The standard InChI is InChI=1S/C12H14BrN3S/c13-10-5-12(17-8-10)6-11(16-14)4-9-2-1-3-15-7-9/h1-3,5,7-8,11,16H,4,6,14H2. The van der Waals surface area contributed by atoms with Crippen molar-refractivity contribution in [3.05, 3.63) is 50.9 Å². The van der Waals surface area contributed by atoms with Gasteiger partial charge in [-0.2, -0.15) is 0 Å². The first-order chi connectivity index (χ1) is 8.28. The highest BCUT2D eigenvalue weighted by Crippen LogP contribution is 2.21. The quantitative estimate of drug-likeness (QED) is 0.659. The van der Waals surface area contributed by atoms with Crippen LogP contribution in [0.15, 0.2) is 40.4 Å². The first kappa shape index (κ1) is 12.7. The van der Waals surface area contributed by atoms with Gasteiger partial charge in [0.2, 0.25) is 0 Å². The predicted molar refractivity (Wildman–Crippen MR) is 74.8 cm³/mol. The van der Waals surface area contributed by atoms with Gasteiger partial charge in [0, 0.05) is 33.2 Å². The summed E-state index contributed by atoms with van der Waals surface area (Å²) >= 11 is 5.21. The van der Waals surface area contributed by atoms with Crippen LogP contribution in [0.3, 0.4) is 0 Å². The largest absolute Gasteiger partial charge is 0.271 e. The van der Waals surface area contributed by atoms with Gasteiger partial charge >= 0.3 is 0 Å². The van der Waals surface area contributed by atoms with Crippen LogP contribution in [0.1, 0.15) is 10.4 Å². The Labute approximate surface area is 113 Å². The molecule has 0 amide bonds. The smallest absolute Gasteiger partial charge is 0.0300 e. The summed E-state index contributed by atoms with van der Waals surface area (Å²) in [6.07, 6.45) is 5.49. The lowest BCUT2D eigenvalue weighted by atomic mass is 10.0. The number of hydrogen-bond acceptors (Lipinski definition) is 4. The third-order valence-electron chi connectivity index (χ3n) is 2.51. The summed E-state index contributed by atoms with van der Waals surface area (Å²) < 4.78 is 1.13. The zero-order valence-corrected chi connectivity index (χ0v) is 11.7. The fraction of sp³-hybridized carbons (Fsp3) is 0.250. The second-order valence-corrected chi connectivity index (χ2v) is 5.78. The molecule has 0 radical (unpaired) electrons. The van der Waals surface area contributed by atoms with E-state index >= 15 is 0 Å². The maximum Gasteiger partial charge on any atom is 0.0300 e. The number of thiophene rings is 1. The molecular formula is C12H14BrN3S. The average molecular weight is 312 g/mol. The van der Waals surface area contributed by atoms with E-state index in [9.17, 15) is 0 Å². The van der Waals surface area contributed by atoms with E-state index in [-0.39, 0.29) is 6.04 Å². The van der Waals surface area contributed by atoms with E-state index in [1.54, 1.807) is 17.5 Å². The van der Waals surface area contributed by atoms with Gasteiger partial charge in [0.05, 0.1) is 0 Å². The molecular weight excluding hydrogens is 298 g/mol. The van der Waals surface area contributed by atoms with Crippen molar-refractivity contribution in [2.45, 2.75) is 18.9 Å². The minimum atomic E-state index is 0.241. The molecule has 2 aromatic rings. The number of hydrazine groups is 1. The Hall–Kier alpha value is -0.750. The summed E-state index contributed by atoms with van der Waals surface area (Å²) in [5.74, 6) is 5.60. The van der Waals surface area contributed by atoms with Crippen LogP contribution in [0.5, 0.6) is 0 Å². The molecule has 0 bridgehead atoms. The van der Waals surface area contributed by atoms with Gasteiger partial charge in [-0.3, -0.25) is 16.3 Å². The van der Waals surface area contributed by atoms with E-state index in [0.717, 1.165) is 17.3 Å². The van der Waals surface area contributed by atoms with E-state index in [2.05, 4.69) is 43.9 Å². The number of pyridine rings is 1. The van der Waals surface area contributed by atoms with Crippen LogP contribution in [0.4, 0.5) is 0 Å². The van der Waals surface area contributed by atoms with Gasteiger partial charge in [-0.1, -0.05) is 6.07 Å². The molecule has 90 valence electrons. The van der Waals surface area contributed by atoms with Crippen LogP contribution in [-0.2, 0) is 12.8 Å². The molecule has 2 rings (SSSR count). The Morgan fingerprint density at radius 1 is 1.47 bits per heavy atom. The van der Waals surface area contributed by atoms with E-state index in [0.29, 0.717) is 0 Å². The van der Waals surface area contributed by atoms with Crippen LogP contribution >= 0.6 is 27.3 Å². The molecule has 1 unspecified atom stereocenters. The number of rotatable bonds is 5. The number of nitrogens with two attached hydrogens (primary N) is 1. The molecule has 0 saturated heterocycles. The van der Waals surface area contributed by atoms with Crippen molar-refractivity contribution in [2.75, 3.05) is 0 Å². The lowest BCUT2D eigenvalue weighted by Gasteiger charge is -2.14. The van der Waals surface area contributed by atoms with Gasteiger partial charge in [-0.15, -0.1) is 11.3 Å². The molecule has 2 heterocycles. The van der Waals surface area contributed by atoms with Gasteiger partial charge in [-0.05, 0) is 46.5 Å². The van der Waals surface area contributed by atoms with Crippen molar-refractivity contribution < 1.29 is 0 Å². The fourth-order valence-corrected chi connectivity index (χ4v) is 3.23. The third-order valence-corrected chi connectivity index (χ3v) is 4.23. The Kier molecular flexibility index (Phi) is 4.67. The number of halogens is 1. The van der Waals surface area contributed by atoms with E-state index in [4.69, 9.17) is 5.84 Å². The Morgan fingerprint density at radius 2 is 2.35 bits per heavy atom. The molecule has 0 aromatic carbocycles. The molecule has 0 fully saturated rings. The van der Waals surface area contributed by atoms with Crippen LogP contribution in [0.25, 0.3) is 0 Å². The highest BCUT2D eigenvalue weighted by Gasteiger charge is 2.10. The molecule has 3 nitrogen and oxygen atoms in total. The fourth-order valence-electron chi connectivity index (χ4n) is 1.70. The van der Waals surface area contributed by atoms with Gasteiger partial charge in [-0.25, -0.2) is 0 Å². The molecule has 0 aliphatic rings. The van der Waals surface area contributed by atoms with Gasteiger partial charge in [0.1, 0.15) is 0 Å². The summed E-state index contributed by atoms with van der Waals surface area (Å²) in [6, 6.07) is 6.40. The molecule has 0 saturated carbocycles.